The van der Waals surface area contributed by atoms with Crippen LogP contribution < -0.4 is 4.74 Å². The molecule has 1 atom stereocenters. The van der Waals surface area contributed by atoms with Crippen LogP contribution in [0, 0.1) is 0 Å². The fourth-order valence-electron chi connectivity index (χ4n) is 2.00. The van der Waals surface area contributed by atoms with Crippen LogP contribution in [0.25, 0.3) is 0 Å². The lowest BCUT2D eigenvalue weighted by molar-refractivity contribution is -0.0472. The summed E-state index contributed by atoms with van der Waals surface area (Å²) < 4.78 is 127. The van der Waals surface area contributed by atoms with Crippen molar-refractivity contribution < 1.29 is 47.9 Å². The predicted octanol–water partition coefficient (Wildman–Crippen LogP) is 3.99. The molecule has 0 aliphatic carbocycles. The van der Waals surface area contributed by atoms with Gasteiger partial charge in [-0.15, -0.1) is 0 Å². The lowest BCUT2D eigenvalue weighted by atomic mass is 10.2. The van der Waals surface area contributed by atoms with Crippen molar-refractivity contribution in [3.8, 4) is 5.75 Å². The molecule has 0 saturated carbocycles. The zero-order chi connectivity index (χ0) is 21.4. The van der Waals surface area contributed by atoms with E-state index in [1.165, 1.54) is 18.2 Å². The van der Waals surface area contributed by atoms with Gasteiger partial charge in [0, 0.05) is 5.56 Å². The van der Waals surface area contributed by atoms with Gasteiger partial charge in [0.1, 0.15) is 5.75 Å². The Morgan fingerprint density at radius 2 is 1.21 bits per heavy atom. The van der Waals surface area contributed by atoms with Crippen molar-refractivity contribution >= 4 is 19.7 Å². The Morgan fingerprint density at radius 3 is 1.64 bits per heavy atom. The molecule has 0 fully saturated rings. The summed E-state index contributed by atoms with van der Waals surface area (Å²) in [5, 5.41) is 0. The average Bonchev–Trinajstić information content (AvgIpc) is 2.58. The van der Waals surface area contributed by atoms with Crippen LogP contribution in [0.2, 0.25) is 0 Å². The summed E-state index contributed by atoms with van der Waals surface area (Å²) in [5.41, 5.74) is -14.2. The Balaban J connectivity index is 2.44. The molecule has 0 N–H and O–H groups in total. The number of benzene rings is 2. The van der Waals surface area contributed by atoms with Crippen LogP contribution in [0.1, 0.15) is 11.0 Å². The summed E-state index contributed by atoms with van der Waals surface area (Å²) in [6.07, 6.45) is 0. The van der Waals surface area contributed by atoms with Crippen LogP contribution in [0.3, 0.4) is 0 Å². The van der Waals surface area contributed by atoms with Crippen molar-refractivity contribution in [1.82, 2.24) is 0 Å². The molecule has 0 aliphatic rings. The number of ether oxygens (including phenoxy) is 1. The lowest BCUT2D eigenvalue weighted by Crippen LogP contribution is -2.32. The topological polar surface area (TPSA) is 77.5 Å². The van der Waals surface area contributed by atoms with Gasteiger partial charge < -0.3 is 4.74 Å². The van der Waals surface area contributed by atoms with Gasteiger partial charge >= 0.3 is 11.0 Å². The zero-order valence-electron chi connectivity index (χ0n) is 13.4. The van der Waals surface area contributed by atoms with E-state index in [-0.39, 0.29) is 5.56 Å². The first kappa shape index (κ1) is 22.0. The minimum absolute atomic E-state index is 0.383. The maximum atomic E-state index is 13.0. The molecule has 0 amide bonds. The van der Waals surface area contributed by atoms with Gasteiger partial charge in [0.2, 0.25) is 5.44 Å². The minimum Gasteiger partial charge on any atom is -0.469 e. The number of halogens is 6. The van der Waals surface area contributed by atoms with Gasteiger partial charge in [0.25, 0.3) is 19.7 Å². The molecule has 5 nitrogen and oxygen atoms in total. The van der Waals surface area contributed by atoms with Crippen molar-refractivity contribution in [2.45, 2.75) is 21.3 Å². The standard InChI is InChI=1S/C15H10F6O5S2/c16-14(17,18)27(22,23)12-8-6-11(7-9-12)26-13(10-4-2-1-3-5-10)28(24,25)15(19,20)21/h1-9,13H. The molecule has 0 heterocycles. The second-order valence-corrected chi connectivity index (χ2v) is 9.19. The minimum atomic E-state index is -5.87. The van der Waals surface area contributed by atoms with Gasteiger partial charge in [-0.2, -0.15) is 26.3 Å². The summed E-state index contributed by atoms with van der Waals surface area (Å²) in [5.74, 6) is -0.581. The number of alkyl halides is 6. The van der Waals surface area contributed by atoms with Crippen molar-refractivity contribution in [2.75, 3.05) is 0 Å². The van der Waals surface area contributed by atoms with E-state index >= 15 is 0 Å². The Hall–Kier alpha value is -2.28. The van der Waals surface area contributed by atoms with E-state index in [0.717, 1.165) is 12.1 Å². The van der Waals surface area contributed by atoms with Gasteiger partial charge in [-0.3, -0.25) is 0 Å². The van der Waals surface area contributed by atoms with E-state index in [1.807, 2.05) is 0 Å². The van der Waals surface area contributed by atoms with Crippen LogP contribution in [0.15, 0.2) is 59.5 Å². The Labute approximate surface area is 155 Å². The summed E-state index contributed by atoms with van der Waals surface area (Å²) in [6, 6.07) is 8.18. The first-order valence-corrected chi connectivity index (χ1v) is 10.1. The summed E-state index contributed by atoms with van der Waals surface area (Å²) in [6.45, 7) is 0. The van der Waals surface area contributed by atoms with Gasteiger partial charge in [0.15, 0.2) is 0 Å². The van der Waals surface area contributed by atoms with Gasteiger partial charge in [0.05, 0.1) is 4.90 Å². The van der Waals surface area contributed by atoms with Crippen molar-refractivity contribution in [3.63, 3.8) is 0 Å². The van der Waals surface area contributed by atoms with Gasteiger partial charge in [-0.05, 0) is 24.3 Å². The molecule has 154 valence electrons. The quantitative estimate of drug-likeness (QED) is 0.647. The zero-order valence-corrected chi connectivity index (χ0v) is 15.0. The molecular weight excluding hydrogens is 438 g/mol. The van der Waals surface area contributed by atoms with E-state index in [0.29, 0.717) is 24.3 Å². The van der Waals surface area contributed by atoms with Crippen LogP contribution in [0.5, 0.6) is 5.75 Å². The molecule has 0 saturated heterocycles. The molecule has 2 rings (SSSR count). The van der Waals surface area contributed by atoms with Crippen LogP contribution in [-0.2, 0) is 19.7 Å². The Morgan fingerprint density at radius 1 is 0.714 bits per heavy atom. The van der Waals surface area contributed by atoms with Crippen LogP contribution >= 0.6 is 0 Å². The highest BCUT2D eigenvalue weighted by Gasteiger charge is 2.53. The number of sulfone groups is 2. The number of hydrogen-bond acceptors (Lipinski definition) is 5. The summed E-state index contributed by atoms with van der Waals surface area (Å²) in [4.78, 5) is -1.18. The second kappa shape index (κ2) is 7.28. The molecule has 2 aromatic rings. The van der Waals surface area contributed by atoms with Crippen molar-refractivity contribution in [3.05, 3.63) is 60.2 Å². The third-order valence-electron chi connectivity index (χ3n) is 3.36. The highest BCUT2D eigenvalue weighted by Crippen LogP contribution is 2.38. The normalized spacial score (nSPS) is 14.5. The van der Waals surface area contributed by atoms with Crippen LogP contribution in [0.4, 0.5) is 26.3 Å². The fourth-order valence-corrected chi connectivity index (χ4v) is 3.75. The smallest absolute Gasteiger partial charge is 0.469 e. The first-order chi connectivity index (χ1) is 12.7. The number of rotatable bonds is 5. The molecule has 0 radical (unpaired) electrons. The van der Waals surface area contributed by atoms with Crippen LogP contribution in [-0.4, -0.2) is 27.9 Å². The highest BCUT2D eigenvalue weighted by molar-refractivity contribution is 7.92. The van der Waals surface area contributed by atoms with E-state index in [9.17, 15) is 43.2 Å². The molecule has 0 aliphatic heterocycles. The molecule has 0 bridgehead atoms. The maximum Gasteiger partial charge on any atom is 0.501 e. The third-order valence-corrected chi connectivity index (χ3v) is 6.44. The molecule has 2 aromatic carbocycles. The van der Waals surface area contributed by atoms with Gasteiger partial charge in [-0.1, -0.05) is 30.3 Å². The summed E-state index contributed by atoms with van der Waals surface area (Å²) >= 11 is 0. The third kappa shape index (κ3) is 4.24. The highest BCUT2D eigenvalue weighted by atomic mass is 32.2. The molecule has 1 unspecified atom stereocenters. The van der Waals surface area contributed by atoms with E-state index in [2.05, 4.69) is 0 Å². The largest absolute Gasteiger partial charge is 0.501 e. The second-order valence-electron chi connectivity index (χ2n) is 5.27. The SMILES string of the molecule is O=S(=O)(c1ccc(OC(c2ccccc2)S(=O)(=O)C(F)(F)F)cc1)C(F)(F)F. The molecule has 13 heteroatoms. The van der Waals surface area contributed by atoms with E-state index < -0.39 is 46.8 Å². The molecular formula is C15H10F6O5S2. The Bertz CT molecular complexity index is 1030. The average molecular weight is 448 g/mol. The number of hydrogen-bond donors (Lipinski definition) is 0. The van der Waals surface area contributed by atoms with Gasteiger partial charge in [-0.25, -0.2) is 16.8 Å². The predicted molar refractivity (Wildman–Crippen MR) is 84.5 cm³/mol. The lowest BCUT2D eigenvalue weighted by Gasteiger charge is -2.21. The van der Waals surface area contributed by atoms with Crippen molar-refractivity contribution in [1.29, 1.82) is 0 Å². The molecule has 0 spiro atoms. The monoisotopic (exact) mass is 448 g/mol. The first-order valence-electron chi connectivity index (χ1n) is 7.11. The molecule has 0 aromatic heterocycles. The van der Waals surface area contributed by atoms with E-state index in [4.69, 9.17) is 4.74 Å². The fraction of sp³-hybridized carbons (Fsp3) is 0.200. The van der Waals surface area contributed by atoms with Crippen molar-refractivity contribution in [2.24, 2.45) is 0 Å². The molecule has 28 heavy (non-hydrogen) atoms. The summed E-state index contributed by atoms with van der Waals surface area (Å²) in [7, 11) is -11.6. The maximum absolute atomic E-state index is 13.0. The Kier molecular flexibility index (Phi) is 5.72. The van der Waals surface area contributed by atoms with E-state index in [1.54, 1.807) is 0 Å².